The topological polar surface area (TPSA) is 83.3 Å². The molecule has 11 heteroatoms. The summed E-state index contributed by atoms with van der Waals surface area (Å²) in [5.74, 6) is -4.44. The molecule has 4 atom stereocenters. The van der Waals surface area contributed by atoms with Crippen LogP contribution >= 0.6 is 10.9 Å². The number of hydrogen-bond donors (Lipinski definition) is 1. The number of benzene rings is 2. The fourth-order valence-corrected chi connectivity index (χ4v) is 7.21. The third-order valence-corrected chi connectivity index (χ3v) is 8.75. The molecule has 0 amide bonds. The lowest BCUT2D eigenvalue weighted by molar-refractivity contribution is -0.151. The number of nitrogens with zero attached hydrogens (tertiary/aromatic N) is 3. The van der Waals surface area contributed by atoms with Crippen molar-refractivity contribution in [3.63, 3.8) is 0 Å². The Morgan fingerprint density at radius 2 is 1.77 bits per heavy atom. The van der Waals surface area contributed by atoms with Crippen LogP contribution in [-0.2, 0) is 19.1 Å². The quantitative estimate of drug-likeness (QED) is 0.306. The van der Waals surface area contributed by atoms with Gasteiger partial charge in [0, 0.05) is 19.4 Å². The first-order valence-corrected chi connectivity index (χ1v) is 12.5. The van der Waals surface area contributed by atoms with Crippen molar-refractivity contribution in [2.75, 3.05) is 12.4 Å². The first-order chi connectivity index (χ1) is 16.7. The first-order valence-electron chi connectivity index (χ1n) is 10.9. The maximum atomic E-state index is 13.7. The third kappa shape index (κ3) is 5.50. The van der Waals surface area contributed by atoms with Crippen molar-refractivity contribution >= 4 is 22.8 Å². The highest BCUT2D eigenvalue weighted by molar-refractivity contribution is 8.17. The minimum Gasteiger partial charge on any atom is -0.465 e. The summed E-state index contributed by atoms with van der Waals surface area (Å²) >= 11 is 0. The van der Waals surface area contributed by atoms with Crippen molar-refractivity contribution in [2.24, 2.45) is 0 Å². The van der Waals surface area contributed by atoms with Gasteiger partial charge in [-0.25, -0.2) is 28.7 Å². The van der Waals surface area contributed by atoms with Gasteiger partial charge in [0.1, 0.15) is 18.4 Å². The number of hydrogen-bond acceptors (Lipinski definition) is 6. The molecule has 4 rings (SSSR count). The second-order valence-corrected chi connectivity index (χ2v) is 10.7. The van der Waals surface area contributed by atoms with E-state index >= 15 is 0 Å². The van der Waals surface area contributed by atoms with Crippen LogP contribution in [0.15, 0.2) is 53.6 Å². The molecule has 1 aliphatic rings. The lowest BCUT2D eigenvalue weighted by Crippen LogP contribution is -2.45. The first kappa shape index (κ1) is 24.8. The van der Waals surface area contributed by atoms with E-state index in [0.717, 1.165) is 22.8 Å². The molecule has 0 saturated carbocycles. The number of esters is 2. The summed E-state index contributed by atoms with van der Waals surface area (Å²) < 4.78 is 53.4. The van der Waals surface area contributed by atoms with Gasteiger partial charge in [0.15, 0.2) is 17.5 Å². The van der Waals surface area contributed by atoms with Gasteiger partial charge in [-0.05, 0) is 29.2 Å². The molecule has 3 aromatic rings. The van der Waals surface area contributed by atoms with Crippen LogP contribution in [0.4, 0.5) is 13.2 Å². The number of carbonyl (C=O) groups excluding carboxylic acids is 2. The Balaban J connectivity index is 1.69. The van der Waals surface area contributed by atoms with Gasteiger partial charge in [-0.2, -0.15) is 0 Å². The number of ether oxygens (including phenoxy) is 2. The van der Waals surface area contributed by atoms with E-state index in [0.29, 0.717) is 6.42 Å². The van der Waals surface area contributed by atoms with E-state index in [1.807, 2.05) is 30.3 Å². The van der Waals surface area contributed by atoms with Crippen molar-refractivity contribution in [1.82, 2.24) is 15.0 Å². The number of thiol groups is 1. The Morgan fingerprint density at radius 1 is 1.09 bits per heavy atom. The molecule has 2 heterocycles. The van der Waals surface area contributed by atoms with E-state index in [-0.39, 0.29) is 23.1 Å². The van der Waals surface area contributed by atoms with E-state index in [1.54, 1.807) is 0 Å². The van der Waals surface area contributed by atoms with Gasteiger partial charge < -0.3 is 9.47 Å². The van der Waals surface area contributed by atoms with Crippen LogP contribution in [0.25, 0.3) is 11.3 Å². The number of carbonyl (C=O) groups is 2. The molecule has 186 valence electrons. The molecule has 0 radical (unpaired) electrons. The van der Waals surface area contributed by atoms with Crippen LogP contribution < -0.4 is 0 Å². The maximum Gasteiger partial charge on any atom is 0.303 e. The average Bonchev–Trinajstić information content (AvgIpc) is 3.31. The van der Waals surface area contributed by atoms with Gasteiger partial charge in [-0.3, -0.25) is 9.59 Å². The second kappa shape index (κ2) is 10.5. The van der Waals surface area contributed by atoms with E-state index in [2.05, 4.69) is 10.3 Å². The normalized spacial score (nSPS) is 23.0. The zero-order valence-electron chi connectivity index (χ0n) is 19.0. The summed E-state index contributed by atoms with van der Waals surface area (Å²) in [5.41, 5.74) is 0.160. The monoisotopic (exact) mass is 507 g/mol. The van der Waals surface area contributed by atoms with Crippen molar-refractivity contribution < 1.29 is 32.2 Å². The van der Waals surface area contributed by atoms with E-state index in [4.69, 9.17) is 9.47 Å². The second-order valence-electron chi connectivity index (χ2n) is 8.17. The van der Waals surface area contributed by atoms with Crippen molar-refractivity contribution in [3.05, 3.63) is 66.1 Å². The Bertz CT molecular complexity index is 1200. The van der Waals surface area contributed by atoms with Crippen LogP contribution in [0.3, 0.4) is 0 Å². The Kier molecular flexibility index (Phi) is 7.44. The number of rotatable bonds is 6. The molecule has 0 bridgehead atoms. The summed E-state index contributed by atoms with van der Waals surface area (Å²) in [5, 5.41) is 7.81. The lowest BCUT2D eigenvalue weighted by atomic mass is 10.0. The minimum atomic E-state index is -1.56. The van der Waals surface area contributed by atoms with Gasteiger partial charge in [0.25, 0.3) is 0 Å². The molecule has 0 spiro atoms. The molecule has 0 aliphatic carbocycles. The van der Waals surface area contributed by atoms with E-state index < -0.39 is 52.4 Å². The fraction of sp³-hybridized carbons (Fsp3) is 0.333. The number of aromatic nitrogens is 3. The highest BCUT2D eigenvalue weighted by Crippen LogP contribution is 2.50. The van der Waals surface area contributed by atoms with Gasteiger partial charge in [0.05, 0.1) is 17.5 Å². The largest absolute Gasteiger partial charge is 0.465 e. The van der Waals surface area contributed by atoms with Gasteiger partial charge in [0.2, 0.25) is 0 Å². The van der Waals surface area contributed by atoms with Crippen molar-refractivity contribution in [1.29, 1.82) is 0 Å². The van der Waals surface area contributed by atoms with Crippen molar-refractivity contribution in [3.8, 4) is 11.3 Å². The third-order valence-electron chi connectivity index (χ3n) is 5.80. The molecule has 1 saturated heterocycles. The average molecular weight is 508 g/mol. The van der Waals surface area contributed by atoms with Crippen LogP contribution in [0, 0.1) is 17.5 Å². The Labute approximate surface area is 202 Å². The summed E-state index contributed by atoms with van der Waals surface area (Å²) in [6.45, 7) is 2.67. The molecule has 0 N–H and O–H groups in total. The lowest BCUT2D eigenvalue weighted by Gasteiger charge is -2.44. The maximum absolute atomic E-state index is 13.7. The molecule has 1 unspecified atom stereocenters. The summed E-state index contributed by atoms with van der Waals surface area (Å²) in [6, 6.07) is 11.0. The van der Waals surface area contributed by atoms with Gasteiger partial charge in [-0.15, -0.1) is 5.10 Å². The predicted molar refractivity (Wildman–Crippen MR) is 124 cm³/mol. The Hall–Kier alpha value is -3.34. The molecule has 7 nitrogen and oxygen atoms in total. The number of halogens is 3. The van der Waals surface area contributed by atoms with Crippen LogP contribution in [0.5, 0.6) is 0 Å². The zero-order valence-corrected chi connectivity index (χ0v) is 19.9. The fourth-order valence-electron chi connectivity index (χ4n) is 4.27. The van der Waals surface area contributed by atoms with Gasteiger partial charge in [-0.1, -0.05) is 35.5 Å². The molecular weight excluding hydrogens is 483 g/mol. The van der Waals surface area contributed by atoms with E-state index in [1.165, 1.54) is 24.7 Å². The summed E-state index contributed by atoms with van der Waals surface area (Å²) in [7, 11) is -0.854. The highest BCUT2D eigenvalue weighted by Gasteiger charge is 2.43. The summed E-state index contributed by atoms with van der Waals surface area (Å²) in [4.78, 5) is 24.8. The molecule has 35 heavy (non-hydrogen) atoms. The summed E-state index contributed by atoms with van der Waals surface area (Å²) in [6.07, 6.45) is 1.36. The minimum absolute atomic E-state index is 0.0236. The van der Waals surface area contributed by atoms with Crippen molar-refractivity contribution in [2.45, 2.75) is 42.6 Å². The molecular formula is C24H24F3N3O4S. The van der Waals surface area contributed by atoms with Gasteiger partial charge >= 0.3 is 11.9 Å². The SMILES string of the molecule is CC(=O)OC[C@@H]1[C@@H](OC(C)=O)[C@H](n2cc(-c3cc(F)c(F)c(F)c3)nn2)CC[SH]1c1ccccc1. The molecule has 1 aromatic heterocycles. The molecule has 2 aromatic carbocycles. The zero-order chi connectivity index (χ0) is 25.1. The van der Waals surface area contributed by atoms with Crippen LogP contribution in [-0.4, -0.2) is 50.6 Å². The highest BCUT2D eigenvalue weighted by atomic mass is 32.2. The predicted octanol–water partition coefficient (Wildman–Crippen LogP) is 4.23. The Morgan fingerprint density at radius 3 is 2.40 bits per heavy atom. The molecule has 1 fully saturated rings. The molecule has 1 aliphatic heterocycles. The van der Waals surface area contributed by atoms with Crippen LogP contribution in [0.1, 0.15) is 26.3 Å². The van der Waals surface area contributed by atoms with E-state index in [9.17, 15) is 22.8 Å². The smallest absolute Gasteiger partial charge is 0.303 e. The standard InChI is InChI=1S/C24H24F3N3O4S/c1-14(31)33-13-22-24(34-15(2)32)21(8-9-35(22)17-6-4-3-5-7-17)30-12-20(28-29-30)16-10-18(25)23(27)19(26)11-16/h3-7,10-12,21-22,24,35H,8-9,13H2,1-2H3/t21-,22-,24+/m1/s1. The van der Waals surface area contributed by atoms with Crippen LogP contribution in [0.2, 0.25) is 0 Å².